The molecule has 4 heteroatoms. The average Bonchev–Trinajstić information content (AvgIpc) is 2.15. The van der Waals surface area contributed by atoms with Crippen LogP contribution in [-0.4, -0.2) is 22.2 Å². The Bertz CT molecular complexity index is 326. The van der Waals surface area contributed by atoms with Crippen LogP contribution in [-0.2, 0) is 0 Å². The Morgan fingerprint density at radius 1 is 1.53 bits per heavy atom. The van der Waals surface area contributed by atoms with Gasteiger partial charge in [0, 0.05) is 17.2 Å². The number of halogens is 1. The van der Waals surface area contributed by atoms with Crippen LogP contribution >= 0.6 is 15.9 Å². The minimum Gasteiger partial charge on any atom is -0.388 e. The maximum absolute atomic E-state index is 10.0. The molecule has 0 bridgehead atoms. The van der Waals surface area contributed by atoms with Crippen LogP contribution in [0.2, 0.25) is 0 Å². The van der Waals surface area contributed by atoms with Gasteiger partial charge in [0.05, 0.1) is 17.5 Å². The maximum atomic E-state index is 10.0. The molecule has 1 rings (SSSR count). The Kier molecular flexibility index (Phi) is 4.11. The van der Waals surface area contributed by atoms with Gasteiger partial charge in [-0.15, -0.1) is 0 Å². The molecule has 0 aliphatic rings. The summed E-state index contributed by atoms with van der Waals surface area (Å²) >= 11 is 3.35. The molecule has 0 spiro atoms. The van der Waals surface area contributed by atoms with E-state index in [1.165, 1.54) is 0 Å². The lowest BCUT2D eigenvalue weighted by Gasteiger charge is -2.28. The number of hydrogen-bond donors (Lipinski definition) is 2. The number of aliphatic hydroxyl groups is 1. The van der Waals surface area contributed by atoms with Gasteiger partial charge in [-0.05, 0) is 34.8 Å². The Hall–Kier alpha value is -0.610. The quantitative estimate of drug-likeness (QED) is 0.886. The summed E-state index contributed by atoms with van der Waals surface area (Å²) < 4.78 is 0.927. The Labute approximate surface area is 99.1 Å². The number of anilines is 1. The number of nitrogens with one attached hydrogen (secondary N) is 1. The molecule has 0 saturated heterocycles. The highest BCUT2D eigenvalue weighted by Crippen LogP contribution is 2.18. The second kappa shape index (κ2) is 4.94. The molecule has 3 nitrogen and oxygen atoms in total. The van der Waals surface area contributed by atoms with Crippen molar-refractivity contribution in [2.75, 3.05) is 11.9 Å². The molecule has 1 atom stereocenters. The van der Waals surface area contributed by atoms with E-state index in [1.54, 1.807) is 12.4 Å². The third kappa shape index (κ3) is 3.80. The van der Waals surface area contributed by atoms with Gasteiger partial charge in [-0.1, -0.05) is 13.8 Å². The van der Waals surface area contributed by atoms with Gasteiger partial charge in [-0.3, -0.25) is 4.98 Å². The summed E-state index contributed by atoms with van der Waals surface area (Å²) in [6.45, 7) is 6.35. The zero-order valence-electron chi connectivity index (χ0n) is 9.29. The van der Waals surface area contributed by atoms with E-state index >= 15 is 0 Å². The summed E-state index contributed by atoms with van der Waals surface area (Å²) in [7, 11) is 0. The second-order valence-electron chi connectivity index (χ2n) is 4.26. The first-order valence-corrected chi connectivity index (χ1v) is 5.78. The smallest absolute Gasteiger partial charge is 0.0813 e. The summed E-state index contributed by atoms with van der Waals surface area (Å²) in [4.78, 5) is 4.04. The number of aromatic nitrogens is 1. The summed E-state index contributed by atoms with van der Waals surface area (Å²) in [6.07, 6.45) is 3.47. The molecule has 84 valence electrons. The Morgan fingerprint density at radius 3 is 2.73 bits per heavy atom. The average molecular weight is 273 g/mol. The molecule has 2 N–H and O–H groups in total. The van der Waals surface area contributed by atoms with Crippen LogP contribution in [0.1, 0.15) is 20.8 Å². The normalized spacial score (nSPS) is 15.1. The molecule has 0 fully saturated rings. The largest absolute Gasteiger partial charge is 0.388 e. The lowest BCUT2D eigenvalue weighted by molar-refractivity contribution is 0.0266. The van der Waals surface area contributed by atoms with Crippen molar-refractivity contribution in [3.05, 3.63) is 22.9 Å². The SMILES string of the molecule is CC(C)C(C)(O)CNc1cncc(Br)c1. The fourth-order valence-electron chi connectivity index (χ4n) is 0.994. The lowest BCUT2D eigenvalue weighted by Crippen LogP contribution is -2.38. The van der Waals surface area contributed by atoms with E-state index in [2.05, 4.69) is 26.2 Å². The van der Waals surface area contributed by atoms with Crippen molar-refractivity contribution < 1.29 is 5.11 Å². The van der Waals surface area contributed by atoms with Gasteiger partial charge in [-0.2, -0.15) is 0 Å². The highest BCUT2D eigenvalue weighted by Gasteiger charge is 2.24. The molecular formula is C11H17BrN2O. The van der Waals surface area contributed by atoms with Crippen LogP contribution in [0.4, 0.5) is 5.69 Å². The summed E-state index contributed by atoms with van der Waals surface area (Å²) in [5.74, 6) is 0.213. The monoisotopic (exact) mass is 272 g/mol. The van der Waals surface area contributed by atoms with Gasteiger partial charge >= 0.3 is 0 Å². The number of hydrogen-bond acceptors (Lipinski definition) is 3. The molecule has 1 heterocycles. The van der Waals surface area contributed by atoms with Crippen molar-refractivity contribution in [2.24, 2.45) is 5.92 Å². The number of pyridine rings is 1. The molecule has 0 aliphatic carbocycles. The minimum atomic E-state index is -0.706. The van der Waals surface area contributed by atoms with E-state index < -0.39 is 5.60 Å². The highest BCUT2D eigenvalue weighted by atomic mass is 79.9. The first kappa shape index (κ1) is 12.5. The topological polar surface area (TPSA) is 45.1 Å². The number of nitrogens with zero attached hydrogens (tertiary/aromatic N) is 1. The zero-order chi connectivity index (χ0) is 11.5. The van der Waals surface area contributed by atoms with E-state index in [1.807, 2.05) is 26.8 Å². The fourth-order valence-corrected chi connectivity index (χ4v) is 1.36. The van der Waals surface area contributed by atoms with Crippen LogP contribution in [0.5, 0.6) is 0 Å². The van der Waals surface area contributed by atoms with Gasteiger partial charge in [0.2, 0.25) is 0 Å². The van der Waals surface area contributed by atoms with Crippen LogP contribution in [0.3, 0.4) is 0 Å². The summed E-state index contributed by atoms with van der Waals surface area (Å²) in [5.41, 5.74) is 0.202. The van der Waals surface area contributed by atoms with Crippen molar-refractivity contribution in [3.63, 3.8) is 0 Å². The van der Waals surface area contributed by atoms with Crippen molar-refractivity contribution >= 4 is 21.6 Å². The lowest BCUT2D eigenvalue weighted by atomic mass is 9.92. The molecule has 0 saturated carbocycles. The predicted molar refractivity (Wildman–Crippen MR) is 65.9 cm³/mol. The predicted octanol–water partition coefficient (Wildman–Crippen LogP) is 2.66. The zero-order valence-corrected chi connectivity index (χ0v) is 10.9. The van der Waals surface area contributed by atoms with Gasteiger partial charge in [0.15, 0.2) is 0 Å². The second-order valence-corrected chi connectivity index (χ2v) is 5.17. The van der Waals surface area contributed by atoms with Gasteiger partial charge in [0.1, 0.15) is 0 Å². The molecule has 1 aromatic rings. The third-order valence-electron chi connectivity index (χ3n) is 2.60. The van der Waals surface area contributed by atoms with E-state index in [0.717, 1.165) is 10.2 Å². The molecule has 15 heavy (non-hydrogen) atoms. The molecule has 0 aromatic carbocycles. The molecule has 0 radical (unpaired) electrons. The third-order valence-corrected chi connectivity index (χ3v) is 3.03. The van der Waals surface area contributed by atoms with Crippen LogP contribution < -0.4 is 5.32 Å². The first-order chi connectivity index (χ1) is 6.92. The summed E-state index contributed by atoms with van der Waals surface area (Å²) in [5, 5.41) is 13.2. The highest BCUT2D eigenvalue weighted by molar-refractivity contribution is 9.10. The minimum absolute atomic E-state index is 0.213. The summed E-state index contributed by atoms with van der Waals surface area (Å²) in [6, 6.07) is 1.93. The molecular weight excluding hydrogens is 256 g/mol. The molecule has 0 aliphatic heterocycles. The molecule has 1 unspecified atom stereocenters. The fraction of sp³-hybridized carbons (Fsp3) is 0.545. The van der Waals surface area contributed by atoms with Crippen LogP contribution in [0, 0.1) is 5.92 Å². The molecule has 1 aromatic heterocycles. The van der Waals surface area contributed by atoms with Crippen LogP contribution in [0.25, 0.3) is 0 Å². The van der Waals surface area contributed by atoms with E-state index in [-0.39, 0.29) is 5.92 Å². The van der Waals surface area contributed by atoms with Crippen molar-refractivity contribution in [1.29, 1.82) is 0 Å². The van der Waals surface area contributed by atoms with Crippen molar-refractivity contribution in [3.8, 4) is 0 Å². The van der Waals surface area contributed by atoms with Crippen LogP contribution in [0.15, 0.2) is 22.9 Å². The Morgan fingerprint density at radius 2 is 2.20 bits per heavy atom. The van der Waals surface area contributed by atoms with E-state index in [9.17, 15) is 5.11 Å². The van der Waals surface area contributed by atoms with E-state index in [0.29, 0.717) is 6.54 Å². The maximum Gasteiger partial charge on any atom is 0.0813 e. The first-order valence-electron chi connectivity index (χ1n) is 4.98. The standard InChI is InChI=1S/C11H17BrN2O/c1-8(2)11(3,15)7-14-10-4-9(12)5-13-6-10/h4-6,8,14-15H,7H2,1-3H3. The van der Waals surface area contributed by atoms with Gasteiger partial charge in [-0.25, -0.2) is 0 Å². The van der Waals surface area contributed by atoms with Gasteiger partial charge < -0.3 is 10.4 Å². The number of rotatable bonds is 4. The van der Waals surface area contributed by atoms with Crippen molar-refractivity contribution in [1.82, 2.24) is 4.98 Å². The van der Waals surface area contributed by atoms with E-state index in [4.69, 9.17) is 0 Å². The van der Waals surface area contributed by atoms with Crippen molar-refractivity contribution in [2.45, 2.75) is 26.4 Å². The van der Waals surface area contributed by atoms with Gasteiger partial charge in [0.25, 0.3) is 0 Å². The molecule has 0 amide bonds. The Balaban J connectivity index is 2.57.